The predicted molar refractivity (Wildman–Crippen MR) is 71.4 cm³/mol. The van der Waals surface area contributed by atoms with E-state index in [2.05, 4.69) is 24.3 Å². The molecule has 1 aromatic rings. The van der Waals surface area contributed by atoms with Gasteiger partial charge in [-0.3, -0.25) is 0 Å². The van der Waals surface area contributed by atoms with E-state index in [0.29, 0.717) is 12.8 Å². The molecule has 0 aromatic heterocycles. The summed E-state index contributed by atoms with van der Waals surface area (Å²) in [5, 5.41) is -0.0243. The average molecular weight is 273 g/mol. The Bertz CT molecular complexity index is 376. The Morgan fingerprint density at radius 2 is 1.78 bits per heavy atom. The van der Waals surface area contributed by atoms with Crippen molar-refractivity contribution in [2.75, 3.05) is 0 Å². The molecule has 0 spiro atoms. The third-order valence-electron chi connectivity index (χ3n) is 3.82. The van der Waals surface area contributed by atoms with Gasteiger partial charge in [0.15, 0.2) is 0 Å². The molecule has 1 unspecified atom stereocenters. The highest BCUT2D eigenvalue weighted by molar-refractivity contribution is 6.20. The highest BCUT2D eigenvalue weighted by Gasteiger charge is 2.37. The molecular formula is C15H19ClF2. The second-order valence-corrected chi connectivity index (χ2v) is 5.96. The summed E-state index contributed by atoms with van der Waals surface area (Å²) in [5.41, 5.74) is 2.42. The molecular weight excluding hydrogens is 254 g/mol. The number of benzene rings is 1. The molecule has 0 nitrogen and oxygen atoms in total. The van der Waals surface area contributed by atoms with Gasteiger partial charge in [0, 0.05) is 18.2 Å². The maximum absolute atomic E-state index is 13.1. The van der Waals surface area contributed by atoms with Gasteiger partial charge in [-0.1, -0.05) is 29.8 Å². The van der Waals surface area contributed by atoms with Crippen molar-refractivity contribution in [3.05, 3.63) is 35.4 Å². The van der Waals surface area contributed by atoms with Crippen molar-refractivity contribution in [3.8, 4) is 0 Å². The van der Waals surface area contributed by atoms with E-state index in [1.165, 1.54) is 11.1 Å². The standard InChI is InChI=1S/C15H19ClF2/c1-11-2-4-12(5-3-11)10-14(16)13-6-8-15(17,18)9-7-13/h2-5,13-14H,6-10H2,1H3. The molecule has 1 saturated carbocycles. The van der Waals surface area contributed by atoms with Gasteiger partial charge in [-0.25, -0.2) is 8.78 Å². The summed E-state index contributed by atoms with van der Waals surface area (Å²) < 4.78 is 26.1. The third kappa shape index (κ3) is 3.68. The number of aryl methyl sites for hydroxylation is 1. The van der Waals surface area contributed by atoms with E-state index in [-0.39, 0.29) is 24.1 Å². The Morgan fingerprint density at radius 1 is 1.22 bits per heavy atom. The molecule has 100 valence electrons. The first-order chi connectivity index (χ1) is 8.46. The molecule has 0 N–H and O–H groups in total. The minimum atomic E-state index is -2.46. The summed E-state index contributed by atoms with van der Waals surface area (Å²) in [4.78, 5) is 0. The SMILES string of the molecule is Cc1ccc(CC(Cl)C2CCC(F)(F)CC2)cc1. The number of alkyl halides is 3. The normalized spacial score (nSPS) is 21.8. The molecule has 1 fully saturated rings. The third-order valence-corrected chi connectivity index (χ3v) is 4.34. The van der Waals surface area contributed by atoms with Crippen LogP contribution in [0.25, 0.3) is 0 Å². The molecule has 0 saturated heterocycles. The van der Waals surface area contributed by atoms with Crippen LogP contribution >= 0.6 is 11.6 Å². The monoisotopic (exact) mass is 272 g/mol. The van der Waals surface area contributed by atoms with Gasteiger partial charge in [0.2, 0.25) is 5.92 Å². The largest absolute Gasteiger partial charge is 0.248 e. The fourth-order valence-electron chi connectivity index (χ4n) is 2.54. The van der Waals surface area contributed by atoms with Crippen molar-refractivity contribution in [2.24, 2.45) is 5.92 Å². The smallest absolute Gasteiger partial charge is 0.207 e. The van der Waals surface area contributed by atoms with Crippen molar-refractivity contribution in [2.45, 2.75) is 50.3 Å². The van der Waals surface area contributed by atoms with E-state index in [4.69, 9.17) is 11.6 Å². The maximum Gasteiger partial charge on any atom is 0.248 e. The van der Waals surface area contributed by atoms with E-state index < -0.39 is 5.92 Å². The molecule has 0 bridgehead atoms. The Balaban J connectivity index is 1.89. The number of hydrogen-bond donors (Lipinski definition) is 0. The second kappa shape index (κ2) is 5.56. The Labute approximate surface area is 112 Å². The lowest BCUT2D eigenvalue weighted by Crippen LogP contribution is -2.29. The van der Waals surface area contributed by atoms with Crippen LogP contribution in [0, 0.1) is 12.8 Å². The van der Waals surface area contributed by atoms with E-state index in [9.17, 15) is 8.78 Å². The fourth-order valence-corrected chi connectivity index (χ4v) is 2.97. The van der Waals surface area contributed by atoms with Crippen molar-refractivity contribution in [3.63, 3.8) is 0 Å². The van der Waals surface area contributed by atoms with Crippen molar-refractivity contribution >= 4 is 11.6 Å². The van der Waals surface area contributed by atoms with Gasteiger partial charge in [0.05, 0.1) is 0 Å². The van der Waals surface area contributed by atoms with Gasteiger partial charge in [-0.15, -0.1) is 11.6 Å². The van der Waals surface area contributed by atoms with Crippen molar-refractivity contribution < 1.29 is 8.78 Å². The van der Waals surface area contributed by atoms with Gasteiger partial charge in [-0.2, -0.15) is 0 Å². The lowest BCUT2D eigenvalue weighted by molar-refractivity contribution is -0.0459. The zero-order valence-corrected chi connectivity index (χ0v) is 11.4. The lowest BCUT2D eigenvalue weighted by Gasteiger charge is -2.31. The first kappa shape index (κ1) is 13.8. The Morgan fingerprint density at radius 3 is 2.33 bits per heavy atom. The Hall–Kier alpha value is -0.630. The van der Waals surface area contributed by atoms with Crippen molar-refractivity contribution in [1.29, 1.82) is 0 Å². The zero-order chi connectivity index (χ0) is 13.2. The Kier molecular flexibility index (Phi) is 4.26. The van der Waals surface area contributed by atoms with E-state index in [0.717, 1.165) is 6.42 Å². The van der Waals surface area contributed by atoms with Gasteiger partial charge in [0.25, 0.3) is 0 Å². The molecule has 1 aliphatic rings. The topological polar surface area (TPSA) is 0 Å². The molecule has 0 radical (unpaired) electrons. The molecule has 0 heterocycles. The van der Waals surface area contributed by atoms with Gasteiger partial charge in [-0.05, 0) is 37.7 Å². The van der Waals surface area contributed by atoms with Crippen LogP contribution in [0.4, 0.5) is 8.78 Å². The fraction of sp³-hybridized carbons (Fsp3) is 0.600. The molecule has 1 aliphatic carbocycles. The first-order valence-electron chi connectivity index (χ1n) is 6.54. The van der Waals surface area contributed by atoms with Crippen LogP contribution in [-0.4, -0.2) is 11.3 Å². The quantitative estimate of drug-likeness (QED) is 0.682. The van der Waals surface area contributed by atoms with E-state index >= 15 is 0 Å². The minimum Gasteiger partial charge on any atom is -0.207 e. The summed E-state index contributed by atoms with van der Waals surface area (Å²) in [5.74, 6) is -2.23. The molecule has 0 aliphatic heterocycles. The van der Waals surface area contributed by atoms with Crippen LogP contribution in [0.1, 0.15) is 36.8 Å². The molecule has 1 atom stereocenters. The molecule has 0 amide bonds. The summed E-state index contributed by atoms with van der Waals surface area (Å²) in [6, 6.07) is 8.27. The van der Waals surface area contributed by atoms with Crippen LogP contribution in [0.2, 0.25) is 0 Å². The second-order valence-electron chi connectivity index (χ2n) is 5.40. The minimum absolute atomic E-state index is 0.00517. The summed E-state index contributed by atoms with van der Waals surface area (Å²) in [7, 11) is 0. The number of rotatable bonds is 3. The van der Waals surface area contributed by atoms with Gasteiger partial charge in [0.1, 0.15) is 0 Å². The van der Waals surface area contributed by atoms with Crippen LogP contribution in [-0.2, 0) is 6.42 Å². The van der Waals surface area contributed by atoms with Crippen LogP contribution in [0.15, 0.2) is 24.3 Å². The van der Waals surface area contributed by atoms with Gasteiger partial charge < -0.3 is 0 Å². The summed E-state index contributed by atoms with van der Waals surface area (Å²) in [6.07, 6.45) is 1.86. The molecule has 3 heteroatoms. The summed E-state index contributed by atoms with van der Waals surface area (Å²) >= 11 is 6.38. The maximum atomic E-state index is 13.1. The molecule has 2 rings (SSSR count). The molecule has 18 heavy (non-hydrogen) atoms. The summed E-state index contributed by atoms with van der Waals surface area (Å²) in [6.45, 7) is 2.05. The average Bonchev–Trinajstić information content (AvgIpc) is 2.32. The van der Waals surface area contributed by atoms with Crippen LogP contribution in [0.5, 0.6) is 0 Å². The van der Waals surface area contributed by atoms with Crippen LogP contribution < -0.4 is 0 Å². The van der Waals surface area contributed by atoms with Gasteiger partial charge >= 0.3 is 0 Å². The van der Waals surface area contributed by atoms with E-state index in [1.54, 1.807) is 0 Å². The number of hydrogen-bond acceptors (Lipinski definition) is 0. The van der Waals surface area contributed by atoms with E-state index in [1.807, 2.05) is 6.92 Å². The lowest BCUT2D eigenvalue weighted by atomic mass is 9.83. The van der Waals surface area contributed by atoms with Crippen molar-refractivity contribution in [1.82, 2.24) is 0 Å². The zero-order valence-electron chi connectivity index (χ0n) is 10.6. The highest BCUT2D eigenvalue weighted by Crippen LogP contribution is 2.39. The molecule has 1 aromatic carbocycles. The van der Waals surface area contributed by atoms with Crippen LogP contribution in [0.3, 0.4) is 0 Å². The number of halogens is 3. The first-order valence-corrected chi connectivity index (χ1v) is 6.97. The predicted octanol–water partition coefficient (Wildman–Crippen LogP) is 4.97. The highest BCUT2D eigenvalue weighted by atomic mass is 35.5.